The van der Waals surface area contributed by atoms with E-state index in [0.717, 1.165) is 0 Å². The zero-order chi connectivity index (χ0) is 27.9. The van der Waals surface area contributed by atoms with Gasteiger partial charge >= 0.3 is 51.7 Å². The Hall–Kier alpha value is -0.300. The molecule has 3 nitrogen and oxygen atoms in total. The number of hydrogen-bond acceptors (Lipinski definition) is 0. The fourth-order valence-corrected chi connectivity index (χ4v) is 4.24. The number of rotatable bonds is 1. The summed E-state index contributed by atoms with van der Waals surface area (Å²) in [6.07, 6.45) is 0. The number of hydrogen-bond donors (Lipinski definition) is 0. The summed E-state index contributed by atoms with van der Waals surface area (Å²) in [5, 5.41) is -1.75. The van der Waals surface area contributed by atoms with Crippen molar-refractivity contribution in [2.75, 3.05) is 0 Å². The fourth-order valence-electron chi connectivity index (χ4n) is 1.60. The van der Waals surface area contributed by atoms with Crippen LogP contribution in [0.3, 0.4) is 0 Å². The maximum Gasteiger partial charge on any atom is 4.00 e. The number of nitrogens with one attached hydrogen (secondary N) is 3. The molecule has 1 aromatic rings. The predicted molar refractivity (Wildman–Crippen MR) is 118 cm³/mol. The monoisotopic (exact) mass is 605 g/mol. The molecule has 1 aromatic carbocycles. The van der Waals surface area contributed by atoms with Crippen molar-refractivity contribution >= 4 is 13.3 Å². The van der Waals surface area contributed by atoms with E-state index in [2.05, 4.69) is 0 Å². The van der Waals surface area contributed by atoms with Crippen LogP contribution in [0.2, 0.25) is 0 Å². The maximum atomic E-state index is 12.6. The van der Waals surface area contributed by atoms with E-state index in [9.17, 15) is 39.5 Å². The van der Waals surface area contributed by atoms with Gasteiger partial charge in [-0.2, -0.15) is 51.6 Å². The molecular formula is C20H34F9N3SiZr. The van der Waals surface area contributed by atoms with Crippen molar-refractivity contribution in [2.24, 2.45) is 0 Å². The second-order valence-electron chi connectivity index (χ2n) is 10.2. The Morgan fingerprint density at radius 1 is 0.500 bits per heavy atom. The van der Waals surface area contributed by atoms with E-state index >= 15 is 0 Å². The van der Waals surface area contributed by atoms with Gasteiger partial charge in [0.25, 0.3) is 0 Å². The summed E-state index contributed by atoms with van der Waals surface area (Å²) in [5.74, 6) is -19.2. The molecule has 0 aliphatic rings. The molecule has 0 heterocycles. The summed E-state index contributed by atoms with van der Waals surface area (Å²) in [7, 11) is -7.72. The van der Waals surface area contributed by atoms with Crippen molar-refractivity contribution in [1.82, 2.24) is 0 Å². The van der Waals surface area contributed by atoms with Gasteiger partial charge in [0.05, 0.1) is 0 Å². The van der Waals surface area contributed by atoms with Crippen molar-refractivity contribution in [3.8, 4) is 0 Å². The van der Waals surface area contributed by atoms with Gasteiger partial charge < -0.3 is 17.2 Å². The van der Waals surface area contributed by atoms with Crippen LogP contribution in [0.15, 0.2) is 24.3 Å². The van der Waals surface area contributed by atoms with Gasteiger partial charge in [0.2, 0.25) is 0 Å². The minimum Gasteiger partial charge on any atom is -0.673 e. The van der Waals surface area contributed by atoms with Crippen molar-refractivity contribution in [3.05, 3.63) is 41.5 Å². The molecule has 0 aromatic heterocycles. The summed E-state index contributed by atoms with van der Waals surface area (Å²) < 4.78 is 113. The summed E-state index contributed by atoms with van der Waals surface area (Å²) in [6, 6.07) is 1.84. The van der Waals surface area contributed by atoms with Crippen LogP contribution in [-0.4, -0.2) is 42.1 Å². The van der Waals surface area contributed by atoms with Gasteiger partial charge in [-0.25, -0.2) is 12.1 Å². The van der Waals surface area contributed by atoms with E-state index in [1.54, 1.807) is 0 Å². The zero-order valence-electron chi connectivity index (χ0n) is 20.7. The number of halogens is 9. The Kier molecular flexibility index (Phi) is 16.6. The van der Waals surface area contributed by atoms with Crippen LogP contribution in [-0.2, 0) is 26.2 Å². The van der Waals surface area contributed by atoms with Gasteiger partial charge in [0.1, 0.15) is 0 Å². The van der Waals surface area contributed by atoms with Crippen molar-refractivity contribution in [3.63, 3.8) is 0 Å². The topological polar surface area (TPSA) is 71.4 Å². The second kappa shape index (κ2) is 13.9. The van der Waals surface area contributed by atoms with Crippen LogP contribution >= 0.6 is 0 Å². The molecule has 0 saturated heterocycles. The zero-order valence-corrected chi connectivity index (χ0v) is 24.2. The molecule has 0 saturated carbocycles. The van der Waals surface area contributed by atoms with E-state index in [1.807, 2.05) is 62.3 Å². The quantitative estimate of drug-likeness (QED) is 0.174. The van der Waals surface area contributed by atoms with Crippen LogP contribution in [0.4, 0.5) is 39.5 Å². The molecule has 0 bridgehead atoms. The third kappa shape index (κ3) is 19.0. The molecule has 3 N–H and O–H groups in total. The van der Waals surface area contributed by atoms with Crippen LogP contribution in [0.5, 0.6) is 0 Å². The second-order valence-corrected chi connectivity index (χ2v) is 13.9. The molecule has 34 heavy (non-hydrogen) atoms. The van der Waals surface area contributed by atoms with Gasteiger partial charge in [-0.15, -0.1) is 21.8 Å². The molecule has 0 spiro atoms. The number of alkyl halides is 9. The largest absolute Gasteiger partial charge is 4.00 e. The standard InChI is InChI=1S/C8H4F9Si.3C4H10N.Zr/c9-6(10,11)18(7(12,13)14,8(15,16)17)5-3-1-2-4-5;3*1-4(2,3)5;/h1-4H;3*5H,1-3H3;/q4*-1;+4. The first kappa shape index (κ1) is 40.9. The van der Waals surface area contributed by atoms with Gasteiger partial charge in [-0.3, -0.25) is 0 Å². The molecule has 0 aliphatic carbocycles. The molecule has 0 unspecified atom stereocenters. The molecule has 0 fully saturated rings. The minimum atomic E-state index is -7.72. The van der Waals surface area contributed by atoms with Crippen LogP contribution in [0.25, 0.3) is 17.2 Å². The first-order chi connectivity index (χ1) is 13.9. The normalized spacial score (nSPS) is 13.2. The van der Waals surface area contributed by atoms with Crippen LogP contribution < -0.4 is 5.19 Å². The average Bonchev–Trinajstić information content (AvgIpc) is 2.80. The molecule has 0 aliphatic heterocycles. The summed E-state index contributed by atoms with van der Waals surface area (Å²) in [6.45, 7) is 16.7. The molecule has 0 atom stereocenters. The SMILES string of the molecule is CC(C)(C)[NH-].CC(C)(C)[NH-].CC(C)(C)[NH-].FC(F)(F)[Si]([c-]1cccc1)(C(F)(F)F)C(F)(F)F.[Zr+4]. The van der Waals surface area contributed by atoms with E-state index < -0.39 is 30.7 Å². The van der Waals surface area contributed by atoms with Gasteiger partial charge in [0.15, 0.2) is 0 Å². The molecular weight excluding hydrogens is 573 g/mol. The maximum absolute atomic E-state index is 12.6. The van der Waals surface area contributed by atoms with Gasteiger partial charge in [-0.05, 0) is 0 Å². The van der Waals surface area contributed by atoms with Gasteiger partial charge in [0, 0.05) is 0 Å². The fraction of sp³-hybridized carbons (Fsp3) is 0.750. The Labute approximate surface area is 216 Å². The Bertz CT molecular complexity index is 567. The van der Waals surface area contributed by atoms with Crippen molar-refractivity contribution in [2.45, 2.75) is 96.3 Å². The van der Waals surface area contributed by atoms with Crippen LogP contribution in [0.1, 0.15) is 62.3 Å². The molecule has 200 valence electrons. The van der Waals surface area contributed by atoms with Crippen LogP contribution in [0, 0.1) is 0 Å². The summed E-state index contributed by atoms with van der Waals surface area (Å²) in [5.41, 5.74) is 20.1. The molecule has 1 rings (SSSR count). The van der Waals surface area contributed by atoms with E-state index in [0.29, 0.717) is 12.1 Å². The Morgan fingerprint density at radius 2 is 0.647 bits per heavy atom. The molecule has 0 amide bonds. The first-order valence-corrected chi connectivity index (χ1v) is 11.5. The smallest absolute Gasteiger partial charge is 0.673 e. The van der Waals surface area contributed by atoms with E-state index in [-0.39, 0.29) is 55.0 Å². The third-order valence-corrected chi connectivity index (χ3v) is 6.12. The summed E-state index contributed by atoms with van der Waals surface area (Å²) in [4.78, 5) is 0. The summed E-state index contributed by atoms with van der Waals surface area (Å²) >= 11 is 0. The first-order valence-electron chi connectivity index (χ1n) is 9.53. The predicted octanol–water partition coefficient (Wildman–Crippen LogP) is 8.87. The van der Waals surface area contributed by atoms with E-state index in [1.165, 1.54) is 0 Å². The van der Waals surface area contributed by atoms with E-state index in [4.69, 9.17) is 17.2 Å². The molecule has 0 radical (unpaired) electrons. The molecule has 14 heteroatoms. The minimum absolute atomic E-state index is 0. The average molecular weight is 607 g/mol. The Balaban J connectivity index is -0.000000231. The van der Waals surface area contributed by atoms with Crippen molar-refractivity contribution < 1.29 is 65.7 Å². The van der Waals surface area contributed by atoms with Gasteiger partial charge in [-0.1, -0.05) is 62.3 Å². The third-order valence-electron chi connectivity index (χ3n) is 2.37. The van der Waals surface area contributed by atoms with Crippen molar-refractivity contribution in [1.29, 1.82) is 0 Å². The Morgan fingerprint density at radius 3 is 0.765 bits per heavy atom.